The van der Waals surface area contributed by atoms with E-state index < -0.39 is 0 Å². The van der Waals surface area contributed by atoms with E-state index in [0.717, 1.165) is 46.6 Å². The molecule has 1 aliphatic carbocycles. The zero-order valence-corrected chi connectivity index (χ0v) is 16.5. The van der Waals surface area contributed by atoms with Gasteiger partial charge in [0.25, 0.3) is 0 Å². The van der Waals surface area contributed by atoms with Crippen molar-refractivity contribution in [1.29, 1.82) is 0 Å². The number of Topliss-reactive ketones (excluding diaryl/α,β-unsaturated/α-hetero) is 1. The molecule has 5 heteroatoms. The number of rotatable bonds is 4. The third kappa shape index (κ3) is 3.88. The second kappa shape index (κ2) is 7.43. The molecule has 0 unspecified atom stereocenters. The third-order valence-corrected chi connectivity index (χ3v) is 4.84. The van der Waals surface area contributed by atoms with Crippen LogP contribution in [0.2, 0.25) is 0 Å². The first-order valence-corrected chi connectivity index (χ1v) is 9.61. The van der Waals surface area contributed by atoms with Crippen LogP contribution >= 0.6 is 0 Å². The van der Waals surface area contributed by atoms with E-state index in [4.69, 9.17) is 0 Å². The normalized spacial score (nSPS) is 13.2. The van der Waals surface area contributed by atoms with Crippen LogP contribution in [0.3, 0.4) is 0 Å². The van der Waals surface area contributed by atoms with Gasteiger partial charge in [-0.05, 0) is 74.6 Å². The van der Waals surface area contributed by atoms with E-state index in [1.807, 2.05) is 31.2 Å². The maximum Gasteiger partial charge on any atom is 0.229 e. The highest BCUT2D eigenvalue weighted by molar-refractivity contribution is 6.03. The number of nitrogens with one attached hydrogen (secondary N) is 2. The zero-order chi connectivity index (χ0) is 19.7. The number of anilines is 4. The van der Waals surface area contributed by atoms with Gasteiger partial charge in [-0.3, -0.25) is 4.79 Å². The first-order valence-electron chi connectivity index (χ1n) is 9.61. The summed E-state index contributed by atoms with van der Waals surface area (Å²) in [4.78, 5) is 21.9. The van der Waals surface area contributed by atoms with Crippen molar-refractivity contribution >= 4 is 28.9 Å². The summed E-state index contributed by atoms with van der Waals surface area (Å²) in [6.07, 6.45) is 2.16. The van der Waals surface area contributed by atoms with Gasteiger partial charge in [0, 0.05) is 17.8 Å². The van der Waals surface area contributed by atoms with Gasteiger partial charge in [-0.2, -0.15) is 4.98 Å². The van der Waals surface area contributed by atoms with Crippen molar-refractivity contribution in [2.24, 2.45) is 0 Å². The molecule has 0 radical (unpaired) electrons. The van der Waals surface area contributed by atoms with Gasteiger partial charge < -0.3 is 10.6 Å². The number of aryl methyl sites for hydroxylation is 4. The Morgan fingerprint density at radius 2 is 1.57 bits per heavy atom. The molecule has 2 N–H and O–H groups in total. The van der Waals surface area contributed by atoms with Gasteiger partial charge in [-0.1, -0.05) is 18.2 Å². The van der Waals surface area contributed by atoms with Gasteiger partial charge in [0.2, 0.25) is 5.95 Å². The predicted octanol–water partition coefficient (Wildman–Crippen LogP) is 5.41. The van der Waals surface area contributed by atoms with Crippen molar-refractivity contribution < 1.29 is 4.79 Å². The number of carbonyl (C=O) groups is 1. The van der Waals surface area contributed by atoms with Crippen molar-refractivity contribution in [2.45, 2.75) is 40.0 Å². The Bertz CT molecular complexity index is 1040. The van der Waals surface area contributed by atoms with Gasteiger partial charge >= 0.3 is 0 Å². The summed E-state index contributed by atoms with van der Waals surface area (Å²) in [5, 5.41) is 6.65. The standard InChI is InChI=1S/C23H24N4O/c1-14-6-4-7-17(11-14)25-23-26-19-8-5-9-20(28)21(19)22(27-23)24-18-12-15(2)10-16(3)13-18/h4,6-7,10-13H,5,8-9H2,1-3H3,(H2,24,25,26,27). The van der Waals surface area contributed by atoms with Gasteiger partial charge in [0.1, 0.15) is 5.82 Å². The van der Waals surface area contributed by atoms with Crippen LogP contribution in [0.25, 0.3) is 0 Å². The molecule has 0 spiro atoms. The molecule has 142 valence electrons. The minimum atomic E-state index is 0.107. The molecule has 1 heterocycles. The Kier molecular flexibility index (Phi) is 4.82. The molecule has 0 atom stereocenters. The van der Waals surface area contributed by atoms with Crippen LogP contribution in [0.15, 0.2) is 42.5 Å². The molecule has 1 aliphatic rings. The average Bonchev–Trinajstić information content (AvgIpc) is 2.60. The quantitative estimate of drug-likeness (QED) is 0.641. The summed E-state index contributed by atoms with van der Waals surface area (Å²) in [5.41, 5.74) is 6.78. The molecular formula is C23H24N4O. The monoisotopic (exact) mass is 372 g/mol. The Balaban J connectivity index is 1.75. The Hall–Kier alpha value is -3.21. The largest absolute Gasteiger partial charge is 0.339 e. The molecule has 28 heavy (non-hydrogen) atoms. The van der Waals surface area contributed by atoms with E-state index >= 15 is 0 Å². The smallest absolute Gasteiger partial charge is 0.229 e. The predicted molar refractivity (Wildman–Crippen MR) is 113 cm³/mol. The van der Waals surface area contributed by atoms with Crippen LogP contribution in [0.5, 0.6) is 0 Å². The lowest BCUT2D eigenvalue weighted by Crippen LogP contribution is -2.18. The summed E-state index contributed by atoms with van der Waals surface area (Å²) in [6.45, 7) is 6.16. The molecule has 4 rings (SSSR count). The van der Waals surface area contributed by atoms with Crippen LogP contribution in [0.4, 0.5) is 23.1 Å². The van der Waals surface area contributed by atoms with Gasteiger partial charge in [-0.25, -0.2) is 4.98 Å². The number of nitrogens with zero attached hydrogens (tertiary/aromatic N) is 2. The van der Waals surface area contributed by atoms with Gasteiger partial charge in [0.15, 0.2) is 5.78 Å². The summed E-state index contributed by atoms with van der Waals surface area (Å²) in [7, 11) is 0. The number of benzene rings is 2. The average molecular weight is 372 g/mol. The first-order chi connectivity index (χ1) is 13.5. The third-order valence-electron chi connectivity index (χ3n) is 4.84. The van der Waals surface area contributed by atoms with Crippen molar-refractivity contribution in [3.63, 3.8) is 0 Å². The molecule has 0 aliphatic heterocycles. The lowest BCUT2D eigenvalue weighted by molar-refractivity contribution is 0.0972. The Morgan fingerprint density at radius 3 is 2.32 bits per heavy atom. The van der Waals surface area contributed by atoms with E-state index in [1.54, 1.807) is 0 Å². The van der Waals surface area contributed by atoms with Crippen molar-refractivity contribution in [3.05, 3.63) is 70.4 Å². The van der Waals surface area contributed by atoms with Crippen LogP contribution in [0.1, 0.15) is 45.6 Å². The highest BCUT2D eigenvalue weighted by atomic mass is 16.1. The Labute approximate surface area is 165 Å². The van der Waals surface area contributed by atoms with Crippen molar-refractivity contribution in [1.82, 2.24) is 9.97 Å². The number of fused-ring (bicyclic) bond motifs is 1. The topological polar surface area (TPSA) is 66.9 Å². The van der Waals surface area contributed by atoms with Crippen molar-refractivity contribution in [2.75, 3.05) is 10.6 Å². The van der Waals surface area contributed by atoms with Crippen LogP contribution in [-0.2, 0) is 6.42 Å². The van der Waals surface area contributed by atoms with Gasteiger partial charge in [0.05, 0.1) is 11.3 Å². The molecule has 3 aromatic rings. The molecule has 0 saturated heterocycles. The van der Waals surface area contributed by atoms with E-state index in [2.05, 4.69) is 52.6 Å². The fraction of sp³-hybridized carbons (Fsp3) is 0.261. The number of ketones is 1. The summed E-state index contributed by atoms with van der Waals surface area (Å²) < 4.78 is 0. The fourth-order valence-electron chi connectivity index (χ4n) is 3.70. The van der Waals surface area contributed by atoms with E-state index in [9.17, 15) is 4.79 Å². The lowest BCUT2D eigenvalue weighted by atomic mass is 9.95. The molecule has 2 aromatic carbocycles. The molecule has 0 saturated carbocycles. The van der Waals surface area contributed by atoms with Crippen LogP contribution in [0, 0.1) is 20.8 Å². The Morgan fingerprint density at radius 1 is 0.821 bits per heavy atom. The number of hydrogen-bond acceptors (Lipinski definition) is 5. The van der Waals surface area contributed by atoms with Gasteiger partial charge in [-0.15, -0.1) is 0 Å². The molecule has 0 amide bonds. The summed E-state index contributed by atoms with van der Waals surface area (Å²) >= 11 is 0. The highest BCUT2D eigenvalue weighted by Gasteiger charge is 2.24. The SMILES string of the molecule is Cc1cccc(Nc2nc3c(c(Nc4cc(C)cc(C)c4)n2)C(=O)CCC3)c1. The van der Waals surface area contributed by atoms with Crippen LogP contribution in [-0.4, -0.2) is 15.8 Å². The number of carbonyl (C=O) groups excluding carboxylic acids is 1. The molecule has 5 nitrogen and oxygen atoms in total. The number of aromatic nitrogens is 2. The first kappa shape index (κ1) is 18.2. The summed E-state index contributed by atoms with van der Waals surface area (Å²) in [5.74, 6) is 1.19. The molecule has 1 aromatic heterocycles. The highest BCUT2D eigenvalue weighted by Crippen LogP contribution is 2.30. The van der Waals surface area contributed by atoms with Crippen LogP contribution < -0.4 is 10.6 Å². The maximum absolute atomic E-state index is 12.6. The molecular weight excluding hydrogens is 348 g/mol. The van der Waals surface area contributed by atoms with Crippen molar-refractivity contribution in [3.8, 4) is 0 Å². The minimum absolute atomic E-state index is 0.107. The second-order valence-electron chi connectivity index (χ2n) is 7.49. The molecule has 0 fully saturated rings. The van der Waals surface area contributed by atoms with E-state index in [-0.39, 0.29) is 5.78 Å². The fourth-order valence-corrected chi connectivity index (χ4v) is 3.70. The zero-order valence-electron chi connectivity index (χ0n) is 16.5. The second-order valence-corrected chi connectivity index (χ2v) is 7.49. The minimum Gasteiger partial charge on any atom is -0.339 e. The maximum atomic E-state index is 12.6. The van der Waals surface area contributed by atoms with E-state index in [1.165, 1.54) is 0 Å². The lowest BCUT2D eigenvalue weighted by Gasteiger charge is -2.19. The summed E-state index contributed by atoms with van der Waals surface area (Å²) in [6, 6.07) is 14.3. The number of hydrogen-bond donors (Lipinski definition) is 2. The molecule has 0 bridgehead atoms. The van der Waals surface area contributed by atoms with E-state index in [0.29, 0.717) is 23.8 Å².